The first kappa shape index (κ1) is 15.8. The summed E-state index contributed by atoms with van der Waals surface area (Å²) < 4.78 is 11.3. The highest BCUT2D eigenvalue weighted by Gasteiger charge is 2.21. The van der Waals surface area contributed by atoms with Crippen molar-refractivity contribution in [1.29, 1.82) is 0 Å². The predicted octanol–water partition coefficient (Wildman–Crippen LogP) is 2.80. The first-order valence-corrected chi connectivity index (χ1v) is 7.96. The molecular weight excluding hydrogens is 290 g/mol. The number of hydrogen-bond donors (Lipinski definition) is 2. The van der Waals surface area contributed by atoms with Crippen LogP contribution in [-0.2, 0) is 26.1 Å². The van der Waals surface area contributed by atoms with Gasteiger partial charge in [0.2, 0.25) is 0 Å². The van der Waals surface area contributed by atoms with Gasteiger partial charge in [-0.2, -0.15) is 0 Å². The summed E-state index contributed by atoms with van der Waals surface area (Å²) >= 11 is 0. The second-order valence-electron chi connectivity index (χ2n) is 5.93. The Hall–Kier alpha value is -2.04. The van der Waals surface area contributed by atoms with Gasteiger partial charge in [-0.05, 0) is 30.2 Å². The summed E-state index contributed by atoms with van der Waals surface area (Å²) in [6.45, 7) is 3.53. The SMILES string of the molecule is COc1cc2c(cc1CNCc1ccccc1CO)O[C@H](C)C2. The average Bonchev–Trinajstić information content (AvgIpc) is 2.93. The van der Waals surface area contributed by atoms with Crippen molar-refractivity contribution in [2.45, 2.75) is 39.1 Å². The highest BCUT2D eigenvalue weighted by Crippen LogP contribution is 2.34. The van der Waals surface area contributed by atoms with E-state index in [2.05, 4.69) is 24.4 Å². The van der Waals surface area contributed by atoms with Gasteiger partial charge in [0.1, 0.15) is 17.6 Å². The van der Waals surface area contributed by atoms with Gasteiger partial charge < -0.3 is 19.9 Å². The zero-order valence-corrected chi connectivity index (χ0v) is 13.6. The van der Waals surface area contributed by atoms with Crippen molar-refractivity contribution in [2.75, 3.05) is 7.11 Å². The van der Waals surface area contributed by atoms with Crippen molar-refractivity contribution in [3.8, 4) is 11.5 Å². The van der Waals surface area contributed by atoms with Crippen LogP contribution in [0.4, 0.5) is 0 Å². The van der Waals surface area contributed by atoms with E-state index in [1.54, 1.807) is 7.11 Å². The molecular formula is C19H23NO3. The summed E-state index contributed by atoms with van der Waals surface area (Å²) in [6.07, 6.45) is 1.16. The van der Waals surface area contributed by atoms with Crippen LogP contribution in [0.2, 0.25) is 0 Å². The zero-order valence-electron chi connectivity index (χ0n) is 13.6. The van der Waals surface area contributed by atoms with Crippen LogP contribution in [-0.4, -0.2) is 18.3 Å². The van der Waals surface area contributed by atoms with Crippen LogP contribution in [0, 0.1) is 0 Å². The topological polar surface area (TPSA) is 50.7 Å². The van der Waals surface area contributed by atoms with Gasteiger partial charge in [0.05, 0.1) is 13.7 Å². The number of hydrogen-bond acceptors (Lipinski definition) is 4. The Bertz CT molecular complexity index is 684. The van der Waals surface area contributed by atoms with Crippen molar-refractivity contribution in [2.24, 2.45) is 0 Å². The Morgan fingerprint density at radius 3 is 2.65 bits per heavy atom. The Kier molecular flexibility index (Phi) is 4.84. The highest BCUT2D eigenvalue weighted by molar-refractivity contribution is 5.48. The van der Waals surface area contributed by atoms with E-state index in [9.17, 15) is 5.11 Å². The van der Waals surface area contributed by atoms with Crippen LogP contribution in [0.25, 0.3) is 0 Å². The number of methoxy groups -OCH3 is 1. The second-order valence-corrected chi connectivity index (χ2v) is 5.93. The number of aliphatic hydroxyl groups excluding tert-OH is 1. The maximum Gasteiger partial charge on any atom is 0.123 e. The van der Waals surface area contributed by atoms with E-state index >= 15 is 0 Å². The molecule has 1 aliphatic heterocycles. The van der Waals surface area contributed by atoms with E-state index in [0.717, 1.165) is 34.6 Å². The normalized spacial score (nSPS) is 16.0. The van der Waals surface area contributed by atoms with Crippen molar-refractivity contribution in [1.82, 2.24) is 5.32 Å². The van der Waals surface area contributed by atoms with Crippen LogP contribution in [0.5, 0.6) is 11.5 Å². The number of ether oxygens (including phenoxy) is 2. The minimum absolute atomic E-state index is 0.0613. The summed E-state index contributed by atoms with van der Waals surface area (Å²) in [5, 5.41) is 12.8. The second kappa shape index (κ2) is 7.02. The van der Waals surface area contributed by atoms with E-state index in [1.165, 1.54) is 5.56 Å². The molecule has 0 saturated heterocycles. The van der Waals surface area contributed by atoms with Crippen molar-refractivity contribution >= 4 is 0 Å². The minimum Gasteiger partial charge on any atom is -0.496 e. The van der Waals surface area contributed by atoms with Crippen molar-refractivity contribution in [3.63, 3.8) is 0 Å². The Morgan fingerprint density at radius 2 is 1.91 bits per heavy atom. The molecule has 0 saturated carbocycles. The molecule has 3 rings (SSSR count). The first-order valence-electron chi connectivity index (χ1n) is 7.96. The maximum atomic E-state index is 9.38. The monoisotopic (exact) mass is 313 g/mol. The molecule has 0 bridgehead atoms. The standard InChI is InChI=1S/C19H23NO3/c1-13-7-16-8-18(22-2)17(9-19(16)23-13)11-20-10-14-5-3-4-6-15(14)12-21/h3-6,8-9,13,20-21H,7,10-12H2,1-2H3/t13-/m1/s1. The number of nitrogens with one attached hydrogen (secondary N) is 1. The van der Waals surface area contributed by atoms with Crippen LogP contribution in [0.3, 0.4) is 0 Å². The Labute approximate surface area is 137 Å². The van der Waals surface area contributed by atoms with Crippen LogP contribution < -0.4 is 14.8 Å². The van der Waals surface area contributed by atoms with Gasteiger partial charge >= 0.3 is 0 Å². The van der Waals surface area contributed by atoms with Gasteiger partial charge in [-0.3, -0.25) is 0 Å². The molecule has 0 aromatic heterocycles. The third kappa shape index (κ3) is 3.49. The minimum atomic E-state index is 0.0613. The van der Waals surface area contributed by atoms with Crippen LogP contribution in [0.1, 0.15) is 29.2 Å². The fourth-order valence-corrected chi connectivity index (χ4v) is 3.03. The average molecular weight is 313 g/mol. The Balaban J connectivity index is 1.70. The molecule has 2 aromatic carbocycles. The fraction of sp³-hybridized carbons (Fsp3) is 0.368. The lowest BCUT2D eigenvalue weighted by molar-refractivity contribution is 0.254. The first-order chi connectivity index (χ1) is 11.2. The molecule has 0 amide bonds. The molecule has 4 nitrogen and oxygen atoms in total. The highest BCUT2D eigenvalue weighted by atomic mass is 16.5. The molecule has 0 radical (unpaired) electrons. The summed E-state index contributed by atoms with van der Waals surface area (Å²) in [4.78, 5) is 0. The van der Waals surface area contributed by atoms with E-state index in [-0.39, 0.29) is 12.7 Å². The van der Waals surface area contributed by atoms with Crippen LogP contribution >= 0.6 is 0 Å². The molecule has 0 spiro atoms. The lowest BCUT2D eigenvalue weighted by Gasteiger charge is -2.13. The quantitative estimate of drug-likeness (QED) is 0.861. The van der Waals surface area contributed by atoms with Gasteiger partial charge in [-0.25, -0.2) is 0 Å². The molecule has 4 heteroatoms. The Morgan fingerprint density at radius 1 is 1.17 bits per heavy atom. The van der Waals surface area contributed by atoms with Crippen LogP contribution in [0.15, 0.2) is 36.4 Å². The molecule has 0 aliphatic carbocycles. The molecule has 23 heavy (non-hydrogen) atoms. The zero-order chi connectivity index (χ0) is 16.2. The third-order valence-corrected chi connectivity index (χ3v) is 4.22. The number of fused-ring (bicyclic) bond motifs is 1. The molecule has 0 unspecified atom stereocenters. The third-order valence-electron chi connectivity index (χ3n) is 4.22. The lowest BCUT2D eigenvalue weighted by Crippen LogP contribution is -2.14. The predicted molar refractivity (Wildman–Crippen MR) is 89.7 cm³/mol. The van der Waals surface area contributed by atoms with Gasteiger partial charge in [0.15, 0.2) is 0 Å². The largest absolute Gasteiger partial charge is 0.496 e. The summed E-state index contributed by atoms with van der Waals surface area (Å²) in [7, 11) is 1.70. The molecule has 0 fully saturated rings. The fourth-order valence-electron chi connectivity index (χ4n) is 3.03. The smallest absolute Gasteiger partial charge is 0.123 e. The van der Waals surface area contributed by atoms with E-state index in [1.807, 2.05) is 24.3 Å². The number of rotatable bonds is 6. The number of benzene rings is 2. The summed E-state index contributed by atoms with van der Waals surface area (Å²) in [6, 6.07) is 12.1. The van der Waals surface area contributed by atoms with E-state index in [0.29, 0.717) is 13.1 Å². The molecule has 1 heterocycles. The lowest BCUT2D eigenvalue weighted by atomic mass is 10.1. The maximum absolute atomic E-state index is 9.38. The summed E-state index contributed by atoms with van der Waals surface area (Å²) in [5.74, 6) is 1.86. The van der Waals surface area contributed by atoms with Gasteiger partial charge in [0.25, 0.3) is 0 Å². The summed E-state index contributed by atoms with van der Waals surface area (Å²) in [5.41, 5.74) is 4.36. The van der Waals surface area contributed by atoms with E-state index < -0.39 is 0 Å². The van der Waals surface area contributed by atoms with Gasteiger partial charge in [0, 0.05) is 30.6 Å². The van der Waals surface area contributed by atoms with Crippen molar-refractivity contribution in [3.05, 3.63) is 58.7 Å². The van der Waals surface area contributed by atoms with Crippen molar-refractivity contribution < 1.29 is 14.6 Å². The van der Waals surface area contributed by atoms with E-state index in [4.69, 9.17) is 9.47 Å². The molecule has 2 aromatic rings. The molecule has 1 aliphatic rings. The molecule has 2 N–H and O–H groups in total. The number of aliphatic hydroxyl groups is 1. The van der Waals surface area contributed by atoms with Gasteiger partial charge in [-0.15, -0.1) is 0 Å². The molecule has 1 atom stereocenters. The van der Waals surface area contributed by atoms with Gasteiger partial charge in [-0.1, -0.05) is 24.3 Å². The molecule has 122 valence electrons.